The van der Waals surface area contributed by atoms with Crippen LogP contribution in [0, 0.1) is 5.92 Å². The van der Waals surface area contributed by atoms with Crippen LogP contribution in [0.3, 0.4) is 0 Å². The van der Waals surface area contributed by atoms with E-state index in [0.717, 1.165) is 11.8 Å². The predicted molar refractivity (Wildman–Crippen MR) is 59.6 cm³/mol. The van der Waals surface area contributed by atoms with Gasteiger partial charge in [0.25, 0.3) is 0 Å². The van der Waals surface area contributed by atoms with Crippen molar-refractivity contribution < 1.29 is 9.53 Å². The molecule has 1 rings (SSSR count). The molecule has 0 aliphatic heterocycles. The Kier molecular flexibility index (Phi) is 5.48. The monoisotopic (exact) mass is 263 g/mol. The minimum atomic E-state index is 0.0182. The molecule has 0 aromatic rings. The van der Waals surface area contributed by atoms with Gasteiger partial charge in [-0.2, -0.15) is 0 Å². The highest BCUT2D eigenvalue weighted by atomic mass is 79.9. The Bertz CT molecular complexity index is 187. The lowest BCUT2D eigenvalue weighted by Gasteiger charge is -2.18. The number of carbonyl (C=O) groups excluding carboxylic acids is 1. The van der Waals surface area contributed by atoms with Gasteiger partial charge < -0.3 is 10.1 Å². The summed E-state index contributed by atoms with van der Waals surface area (Å²) in [7, 11) is 0. The third kappa shape index (κ3) is 3.58. The van der Waals surface area contributed by atoms with Crippen molar-refractivity contribution in [1.82, 2.24) is 5.32 Å². The van der Waals surface area contributed by atoms with Gasteiger partial charge in [0.2, 0.25) is 5.91 Å². The maximum Gasteiger partial charge on any atom is 0.246 e. The molecule has 0 heterocycles. The maximum absolute atomic E-state index is 11.4. The van der Waals surface area contributed by atoms with Crippen LogP contribution in [-0.4, -0.2) is 30.5 Å². The molecule has 1 saturated carbocycles. The summed E-state index contributed by atoms with van der Waals surface area (Å²) >= 11 is 3.48. The molecular formula is C10H18BrNO2. The summed E-state index contributed by atoms with van der Waals surface area (Å²) < 4.78 is 5.05. The number of ether oxygens (including phenoxy) is 1. The lowest BCUT2D eigenvalue weighted by atomic mass is 10.1. The normalized spacial score (nSPS) is 26.4. The molecule has 1 aliphatic rings. The molecule has 1 fully saturated rings. The summed E-state index contributed by atoms with van der Waals surface area (Å²) in [5.74, 6) is 0.616. The first-order valence-electron chi connectivity index (χ1n) is 5.21. The Hall–Kier alpha value is -0.0900. The summed E-state index contributed by atoms with van der Waals surface area (Å²) in [6.45, 7) is 2.69. The predicted octanol–water partition coefficient (Wildman–Crippen LogP) is 1.70. The van der Waals surface area contributed by atoms with E-state index in [9.17, 15) is 4.79 Å². The lowest BCUT2D eigenvalue weighted by molar-refractivity contribution is -0.126. The van der Waals surface area contributed by atoms with Gasteiger partial charge in [0.15, 0.2) is 0 Å². The van der Waals surface area contributed by atoms with E-state index >= 15 is 0 Å². The average molecular weight is 264 g/mol. The zero-order valence-corrected chi connectivity index (χ0v) is 10.2. The second-order valence-electron chi connectivity index (χ2n) is 3.66. The van der Waals surface area contributed by atoms with E-state index in [2.05, 4.69) is 21.2 Å². The fourth-order valence-corrected chi connectivity index (χ4v) is 2.63. The van der Waals surface area contributed by atoms with Crippen molar-refractivity contribution in [3.05, 3.63) is 0 Å². The van der Waals surface area contributed by atoms with E-state index < -0.39 is 0 Å². The molecule has 0 aromatic heterocycles. The van der Waals surface area contributed by atoms with Gasteiger partial charge in [-0.1, -0.05) is 22.4 Å². The van der Waals surface area contributed by atoms with Crippen LogP contribution in [-0.2, 0) is 9.53 Å². The molecule has 0 spiro atoms. The number of amides is 1. The van der Waals surface area contributed by atoms with Crippen molar-refractivity contribution in [2.75, 3.05) is 18.5 Å². The zero-order valence-electron chi connectivity index (χ0n) is 8.59. The van der Waals surface area contributed by atoms with E-state index in [4.69, 9.17) is 4.74 Å². The fourth-order valence-electron chi connectivity index (χ4n) is 1.85. The molecule has 0 radical (unpaired) electrons. The third-order valence-electron chi connectivity index (χ3n) is 2.64. The second-order valence-corrected chi connectivity index (χ2v) is 4.30. The van der Waals surface area contributed by atoms with Gasteiger partial charge >= 0.3 is 0 Å². The van der Waals surface area contributed by atoms with Crippen LogP contribution in [0.1, 0.15) is 26.2 Å². The molecule has 0 aromatic carbocycles. The van der Waals surface area contributed by atoms with Crippen LogP contribution in [0.2, 0.25) is 0 Å². The van der Waals surface area contributed by atoms with Crippen LogP contribution in [0.5, 0.6) is 0 Å². The largest absolute Gasteiger partial charge is 0.372 e. The lowest BCUT2D eigenvalue weighted by Crippen LogP contribution is -2.39. The van der Waals surface area contributed by atoms with Crippen LogP contribution in [0.25, 0.3) is 0 Å². The first-order valence-corrected chi connectivity index (χ1v) is 6.33. The van der Waals surface area contributed by atoms with E-state index in [-0.39, 0.29) is 12.5 Å². The maximum atomic E-state index is 11.4. The quantitative estimate of drug-likeness (QED) is 0.767. The zero-order chi connectivity index (χ0) is 10.4. The Morgan fingerprint density at radius 3 is 3.00 bits per heavy atom. The van der Waals surface area contributed by atoms with Gasteiger partial charge in [0.05, 0.1) is 0 Å². The fraction of sp³-hybridized carbons (Fsp3) is 0.900. The van der Waals surface area contributed by atoms with Crippen LogP contribution >= 0.6 is 15.9 Å². The molecule has 0 bridgehead atoms. The Morgan fingerprint density at radius 2 is 2.36 bits per heavy atom. The Morgan fingerprint density at radius 1 is 1.57 bits per heavy atom. The number of rotatable bonds is 5. The average Bonchev–Trinajstić information content (AvgIpc) is 2.62. The SMILES string of the molecule is CCOCC(=O)NC1CCCC1CBr. The van der Waals surface area contributed by atoms with E-state index in [1.54, 1.807) is 0 Å². The van der Waals surface area contributed by atoms with Gasteiger partial charge in [-0.3, -0.25) is 4.79 Å². The smallest absolute Gasteiger partial charge is 0.246 e. The van der Waals surface area contributed by atoms with Crippen LogP contribution in [0.4, 0.5) is 0 Å². The number of hydrogen-bond acceptors (Lipinski definition) is 2. The van der Waals surface area contributed by atoms with Gasteiger partial charge in [0, 0.05) is 18.0 Å². The molecule has 3 nitrogen and oxygen atoms in total. The highest BCUT2D eigenvalue weighted by molar-refractivity contribution is 9.09. The van der Waals surface area contributed by atoms with Gasteiger partial charge in [-0.15, -0.1) is 0 Å². The van der Waals surface area contributed by atoms with Crippen molar-refractivity contribution in [2.24, 2.45) is 5.92 Å². The minimum absolute atomic E-state index is 0.0182. The molecule has 1 amide bonds. The molecule has 2 unspecified atom stereocenters. The van der Waals surface area contributed by atoms with Crippen LogP contribution in [0.15, 0.2) is 0 Å². The van der Waals surface area contributed by atoms with Crippen molar-refractivity contribution in [3.8, 4) is 0 Å². The Balaban J connectivity index is 2.25. The van der Waals surface area contributed by atoms with E-state index in [1.165, 1.54) is 12.8 Å². The number of alkyl halides is 1. The summed E-state index contributed by atoms with van der Waals surface area (Å²) in [6.07, 6.45) is 3.54. The first kappa shape index (κ1) is 12.0. The van der Waals surface area contributed by atoms with E-state index in [1.807, 2.05) is 6.92 Å². The second kappa shape index (κ2) is 6.40. The number of carbonyl (C=O) groups is 1. The molecule has 2 atom stereocenters. The highest BCUT2D eigenvalue weighted by Gasteiger charge is 2.27. The topological polar surface area (TPSA) is 38.3 Å². The molecule has 4 heteroatoms. The third-order valence-corrected chi connectivity index (χ3v) is 3.47. The molecular weight excluding hydrogens is 246 g/mol. The number of hydrogen-bond donors (Lipinski definition) is 1. The van der Waals surface area contributed by atoms with Crippen molar-refractivity contribution >= 4 is 21.8 Å². The van der Waals surface area contributed by atoms with Crippen molar-refractivity contribution in [2.45, 2.75) is 32.2 Å². The van der Waals surface area contributed by atoms with Crippen molar-refractivity contribution in [3.63, 3.8) is 0 Å². The molecule has 1 aliphatic carbocycles. The van der Waals surface area contributed by atoms with Crippen molar-refractivity contribution in [1.29, 1.82) is 0 Å². The molecule has 1 N–H and O–H groups in total. The number of nitrogens with one attached hydrogen (secondary N) is 1. The van der Waals surface area contributed by atoms with Crippen LogP contribution < -0.4 is 5.32 Å². The standard InChI is InChI=1S/C10H18BrNO2/c1-2-14-7-10(13)12-9-5-3-4-8(9)6-11/h8-9H,2-7H2,1H3,(H,12,13). The molecule has 82 valence electrons. The summed E-state index contributed by atoms with van der Waals surface area (Å²) in [4.78, 5) is 11.4. The van der Waals surface area contributed by atoms with Gasteiger partial charge in [0.1, 0.15) is 6.61 Å². The van der Waals surface area contributed by atoms with Gasteiger partial charge in [-0.25, -0.2) is 0 Å². The van der Waals surface area contributed by atoms with Gasteiger partial charge in [-0.05, 0) is 25.7 Å². The summed E-state index contributed by atoms with van der Waals surface area (Å²) in [6, 6.07) is 0.349. The number of halogens is 1. The molecule has 0 saturated heterocycles. The minimum Gasteiger partial charge on any atom is -0.372 e. The Labute approximate surface area is 93.7 Å². The van der Waals surface area contributed by atoms with E-state index in [0.29, 0.717) is 18.6 Å². The first-order chi connectivity index (χ1) is 6.77. The summed E-state index contributed by atoms with van der Waals surface area (Å²) in [5, 5.41) is 4.00. The highest BCUT2D eigenvalue weighted by Crippen LogP contribution is 2.26. The summed E-state index contributed by atoms with van der Waals surface area (Å²) in [5.41, 5.74) is 0. The molecule has 14 heavy (non-hydrogen) atoms.